The zero-order valence-electron chi connectivity index (χ0n) is 14.7. The van der Waals surface area contributed by atoms with E-state index in [9.17, 15) is 10.1 Å². The lowest BCUT2D eigenvalue weighted by Crippen LogP contribution is -2.13. The van der Waals surface area contributed by atoms with Gasteiger partial charge in [-0.2, -0.15) is 5.26 Å². The summed E-state index contributed by atoms with van der Waals surface area (Å²) in [6, 6.07) is 9.33. The molecular formula is C18H16N4O3S2. The van der Waals surface area contributed by atoms with Crippen molar-refractivity contribution in [1.29, 1.82) is 5.26 Å². The van der Waals surface area contributed by atoms with E-state index in [0.717, 1.165) is 28.8 Å². The summed E-state index contributed by atoms with van der Waals surface area (Å²) in [5.41, 5.74) is 1.56. The van der Waals surface area contributed by atoms with Crippen molar-refractivity contribution in [3.05, 3.63) is 40.3 Å². The highest BCUT2D eigenvalue weighted by molar-refractivity contribution is 7.99. The van der Waals surface area contributed by atoms with Crippen LogP contribution in [0.5, 0.6) is 5.75 Å². The first-order valence-corrected chi connectivity index (χ1v) is 10.0. The number of thioether (sulfide) groups is 1. The number of thiazole rings is 1. The zero-order valence-corrected chi connectivity index (χ0v) is 16.3. The van der Waals surface area contributed by atoms with Crippen LogP contribution < -0.4 is 4.74 Å². The van der Waals surface area contributed by atoms with Crippen LogP contribution in [0.25, 0.3) is 11.5 Å². The molecule has 0 fully saturated rings. The summed E-state index contributed by atoms with van der Waals surface area (Å²) < 4.78 is 11.0. The highest BCUT2D eigenvalue weighted by Crippen LogP contribution is 2.27. The van der Waals surface area contributed by atoms with Crippen molar-refractivity contribution in [3.8, 4) is 23.3 Å². The second-order valence-corrected chi connectivity index (χ2v) is 7.29. The molecule has 0 amide bonds. The lowest BCUT2D eigenvalue weighted by atomic mass is 10.1. The minimum atomic E-state index is -0.871. The summed E-state index contributed by atoms with van der Waals surface area (Å²) >= 11 is 2.42. The molecule has 0 saturated heterocycles. The molecule has 2 heterocycles. The number of aromatic nitrogens is 3. The molecule has 0 saturated carbocycles. The normalized spacial score (nSPS) is 11.7. The Kier molecular flexibility index (Phi) is 6.21. The van der Waals surface area contributed by atoms with Crippen LogP contribution in [-0.4, -0.2) is 33.3 Å². The van der Waals surface area contributed by atoms with E-state index in [2.05, 4.69) is 15.2 Å². The molecule has 3 aromatic rings. The Balaban J connectivity index is 1.62. The maximum atomic E-state index is 12.4. The lowest BCUT2D eigenvalue weighted by Gasteiger charge is -2.03. The molecule has 0 spiro atoms. The van der Waals surface area contributed by atoms with E-state index in [-0.39, 0.29) is 16.8 Å². The number of carbonyl (C=O) groups excluding carboxylic acids is 1. The van der Waals surface area contributed by atoms with Crippen molar-refractivity contribution in [2.45, 2.75) is 25.0 Å². The number of benzene rings is 1. The second-order valence-electron chi connectivity index (χ2n) is 5.47. The summed E-state index contributed by atoms with van der Waals surface area (Å²) in [5.74, 6) is 0.0746. The average Bonchev–Trinajstić information content (AvgIpc) is 3.31. The van der Waals surface area contributed by atoms with Crippen LogP contribution in [0.4, 0.5) is 0 Å². The summed E-state index contributed by atoms with van der Waals surface area (Å²) in [5, 5.41) is 19.9. The quantitative estimate of drug-likeness (QED) is 0.525. The molecule has 7 nitrogen and oxygen atoms in total. The van der Waals surface area contributed by atoms with E-state index in [1.165, 1.54) is 11.3 Å². The monoisotopic (exact) mass is 400 g/mol. The number of rotatable bonds is 8. The summed E-state index contributed by atoms with van der Waals surface area (Å²) in [4.78, 5) is 16.6. The number of nitriles is 1. The molecule has 1 aromatic carbocycles. The summed E-state index contributed by atoms with van der Waals surface area (Å²) in [6.07, 6.45) is 0. The molecule has 0 aliphatic rings. The van der Waals surface area contributed by atoms with Gasteiger partial charge in [0.25, 0.3) is 5.22 Å². The number of hydrogen-bond acceptors (Lipinski definition) is 9. The standard InChI is InChI=1S/C18H16N4O3S2/c1-3-24-13-6-4-12(5-7-13)16-21-22-18(25-16)27-10-15(23)14(8-19)17-20-11(2)9-26-17/h4-7,9,14H,3,10H2,1-2H3/t14-/m1/s1. The summed E-state index contributed by atoms with van der Waals surface area (Å²) in [7, 11) is 0. The highest BCUT2D eigenvalue weighted by Gasteiger charge is 2.24. The fraction of sp³-hybridized carbons (Fsp3) is 0.278. The number of carbonyl (C=O) groups is 1. The van der Waals surface area contributed by atoms with Crippen LogP contribution in [0, 0.1) is 18.3 Å². The minimum absolute atomic E-state index is 0.0573. The number of aryl methyl sites for hydroxylation is 1. The molecule has 0 aliphatic carbocycles. The first-order chi connectivity index (χ1) is 13.1. The molecule has 9 heteroatoms. The van der Waals surface area contributed by atoms with Crippen LogP contribution in [-0.2, 0) is 4.79 Å². The van der Waals surface area contributed by atoms with Gasteiger partial charge in [0.05, 0.1) is 18.4 Å². The molecular weight excluding hydrogens is 384 g/mol. The van der Waals surface area contributed by atoms with E-state index in [1.54, 1.807) is 0 Å². The molecule has 3 rings (SSSR count). The molecule has 0 aliphatic heterocycles. The molecule has 0 unspecified atom stereocenters. The van der Waals surface area contributed by atoms with E-state index in [1.807, 2.05) is 49.6 Å². The van der Waals surface area contributed by atoms with Gasteiger partial charge in [-0.05, 0) is 38.1 Å². The number of ketones is 1. The van der Waals surface area contributed by atoms with Gasteiger partial charge in [0, 0.05) is 16.6 Å². The van der Waals surface area contributed by atoms with Gasteiger partial charge in [-0.15, -0.1) is 21.5 Å². The third-order valence-electron chi connectivity index (χ3n) is 3.49. The van der Waals surface area contributed by atoms with Crippen molar-refractivity contribution < 1.29 is 13.9 Å². The van der Waals surface area contributed by atoms with Crippen LogP contribution in [0.1, 0.15) is 23.5 Å². The van der Waals surface area contributed by atoms with E-state index >= 15 is 0 Å². The van der Waals surface area contributed by atoms with Gasteiger partial charge >= 0.3 is 0 Å². The van der Waals surface area contributed by atoms with Crippen molar-refractivity contribution in [3.63, 3.8) is 0 Å². The maximum Gasteiger partial charge on any atom is 0.277 e. The first kappa shape index (κ1) is 19.1. The number of Topliss-reactive ketones (excluding diaryl/α,β-unsaturated/α-hetero) is 1. The van der Waals surface area contributed by atoms with E-state index in [0.29, 0.717) is 17.5 Å². The lowest BCUT2D eigenvalue weighted by molar-refractivity contribution is -0.116. The van der Waals surface area contributed by atoms with Gasteiger partial charge in [0.2, 0.25) is 5.89 Å². The van der Waals surface area contributed by atoms with E-state index in [4.69, 9.17) is 9.15 Å². The molecule has 27 heavy (non-hydrogen) atoms. The number of nitrogens with zero attached hydrogens (tertiary/aromatic N) is 4. The third kappa shape index (κ3) is 4.72. The van der Waals surface area contributed by atoms with Crippen LogP contribution in [0.2, 0.25) is 0 Å². The second kappa shape index (κ2) is 8.79. The fourth-order valence-electron chi connectivity index (χ4n) is 2.23. The Morgan fingerprint density at radius 1 is 1.37 bits per heavy atom. The molecule has 0 bridgehead atoms. The van der Waals surface area contributed by atoms with Gasteiger partial charge in [0.1, 0.15) is 10.8 Å². The SMILES string of the molecule is CCOc1ccc(-c2nnc(SCC(=O)[C@@H](C#N)c3nc(C)cs3)o2)cc1. The van der Waals surface area contributed by atoms with Crippen LogP contribution >= 0.6 is 23.1 Å². The Bertz CT molecular complexity index is 960. The molecule has 0 N–H and O–H groups in total. The van der Waals surface area contributed by atoms with Gasteiger partial charge in [0.15, 0.2) is 11.7 Å². The number of hydrogen-bond donors (Lipinski definition) is 0. The van der Waals surface area contributed by atoms with Crippen LogP contribution in [0.3, 0.4) is 0 Å². The van der Waals surface area contributed by atoms with Crippen molar-refractivity contribution in [2.24, 2.45) is 0 Å². The van der Waals surface area contributed by atoms with Crippen LogP contribution in [0.15, 0.2) is 39.3 Å². The Morgan fingerprint density at radius 2 is 2.15 bits per heavy atom. The predicted molar refractivity (Wildman–Crippen MR) is 102 cm³/mol. The zero-order chi connectivity index (χ0) is 19.2. The van der Waals surface area contributed by atoms with Gasteiger partial charge in [-0.25, -0.2) is 4.98 Å². The van der Waals surface area contributed by atoms with Gasteiger partial charge in [-0.1, -0.05) is 11.8 Å². The molecule has 2 aromatic heterocycles. The Labute approximate surface area is 164 Å². The molecule has 1 atom stereocenters. The molecule has 138 valence electrons. The van der Waals surface area contributed by atoms with Gasteiger partial charge in [-0.3, -0.25) is 4.79 Å². The fourth-order valence-corrected chi connectivity index (χ4v) is 3.76. The summed E-state index contributed by atoms with van der Waals surface area (Å²) in [6.45, 7) is 4.34. The van der Waals surface area contributed by atoms with Gasteiger partial charge < -0.3 is 9.15 Å². The Morgan fingerprint density at radius 3 is 2.78 bits per heavy atom. The largest absolute Gasteiger partial charge is 0.494 e. The topological polar surface area (TPSA) is 102 Å². The van der Waals surface area contributed by atoms with E-state index < -0.39 is 5.92 Å². The average molecular weight is 400 g/mol. The third-order valence-corrected chi connectivity index (χ3v) is 5.36. The first-order valence-electron chi connectivity index (χ1n) is 8.14. The van der Waals surface area contributed by atoms with Crippen molar-refractivity contribution in [2.75, 3.05) is 12.4 Å². The Hall–Kier alpha value is -2.70. The minimum Gasteiger partial charge on any atom is -0.494 e. The van der Waals surface area contributed by atoms with Crippen molar-refractivity contribution in [1.82, 2.24) is 15.2 Å². The highest BCUT2D eigenvalue weighted by atomic mass is 32.2. The predicted octanol–water partition coefficient (Wildman–Crippen LogP) is 3.87. The number of ether oxygens (including phenoxy) is 1. The smallest absolute Gasteiger partial charge is 0.277 e. The molecule has 0 radical (unpaired) electrons. The maximum absolute atomic E-state index is 12.4. The van der Waals surface area contributed by atoms with Crippen molar-refractivity contribution >= 4 is 28.9 Å².